The predicted octanol–water partition coefficient (Wildman–Crippen LogP) is 4.47. The molecule has 0 bridgehead atoms. The Bertz CT molecular complexity index is 914. The molecule has 3 aromatic rings. The molecule has 0 atom stereocenters. The van der Waals surface area contributed by atoms with Gasteiger partial charge in [0.05, 0.1) is 17.6 Å². The second-order valence-corrected chi connectivity index (χ2v) is 7.25. The average molecular weight is 370 g/mol. The maximum atomic E-state index is 12.3. The van der Waals surface area contributed by atoms with Crippen LogP contribution in [0.2, 0.25) is 0 Å². The molecule has 2 aromatic heterocycles. The Hall–Kier alpha value is -2.54. The number of para-hydroxylation sites is 1. The second-order valence-electron chi connectivity index (χ2n) is 6.31. The van der Waals surface area contributed by atoms with Crippen molar-refractivity contribution in [3.63, 3.8) is 0 Å². The minimum Gasteiger partial charge on any atom is -0.469 e. The number of nitrogens with one attached hydrogen (secondary N) is 1. The van der Waals surface area contributed by atoms with Crippen LogP contribution >= 0.6 is 11.8 Å². The quantitative estimate of drug-likeness (QED) is 0.648. The molecule has 6 nitrogen and oxygen atoms in total. The number of aromatic nitrogens is 3. The monoisotopic (exact) mass is 370 g/mol. The Morgan fingerprint density at radius 2 is 2.00 bits per heavy atom. The van der Waals surface area contributed by atoms with Gasteiger partial charge >= 0.3 is 0 Å². The lowest BCUT2D eigenvalue weighted by Crippen LogP contribution is -2.15. The highest BCUT2D eigenvalue weighted by molar-refractivity contribution is 7.99. The van der Waals surface area contributed by atoms with Gasteiger partial charge in [-0.15, -0.1) is 10.2 Å². The third-order valence-electron chi connectivity index (χ3n) is 4.03. The number of carbonyl (C=O) groups is 1. The first-order valence-electron chi connectivity index (χ1n) is 8.45. The van der Waals surface area contributed by atoms with Crippen LogP contribution in [0.15, 0.2) is 46.2 Å². The van der Waals surface area contributed by atoms with E-state index >= 15 is 0 Å². The van der Waals surface area contributed by atoms with E-state index in [1.54, 1.807) is 6.26 Å². The summed E-state index contributed by atoms with van der Waals surface area (Å²) in [4.78, 5) is 12.3. The fraction of sp³-hybridized carbons (Fsp3) is 0.316. The van der Waals surface area contributed by atoms with Gasteiger partial charge in [0, 0.05) is 11.7 Å². The van der Waals surface area contributed by atoms with Crippen molar-refractivity contribution in [2.75, 3.05) is 11.1 Å². The topological polar surface area (TPSA) is 73.0 Å². The molecule has 1 N–H and O–H groups in total. The molecule has 136 valence electrons. The number of hydrogen-bond acceptors (Lipinski definition) is 5. The van der Waals surface area contributed by atoms with Gasteiger partial charge in [-0.1, -0.05) is 30.0 Å². The van der Waals surface area contributed by atoms with E-state index in [2.05, 4.69) is 29.4 Å². The van der Waals surface area contributed by atoms with Crippen LogP contribution in [0.1, 0.15) is 31.2 Å². The molecule has 0 radical (unpaired) electrons. The normalized spacial score (nSPS) is 11.1. The average Bonchev–Trinajstić information content (AvgIpc) is 3.20. The van der Waals surface area contributed by atoms with Crippen molar-refractivity contribution in [3.8, 4) is 11.4 Å². The number of amides is 1. The van der Waals surface area contributed by atoms with Crippen molar-refractivity contribution < 1.29 is 9.21 Å². The number of aryl methyl sites for hydroxylation is 2. The van der Waals surface area contributed by atoms with E-state index in [9.17, 15) is 4.79 Å². The lowest BCUT2D eigenvalue weighted by Gasteiger charge is -2.13. The van der Waals surface area contributed by atoms with E-state index < -0.39 is 0 Å². The van der Waals surface area contributed by atoms with Crippen molar-refractivity contribution in [3.05, 3.63) is 47.9 Å². The van der Waals surface area contributed by atoms with Crippen LogP contribution in [0, 0.1) is 13.8 Å². The summed E-state index contributed by atoms with van der Waals surface area (Å²) in [6.07, 6.45) is 1.65. The summed E-state index contributed by atoms with van der Waals surface area (Å²) in [6.45, 7) is 8.01. The third-order valence-corrected chi connectivity index (χ3v) is 4.98. The Balaban J connectivity index is 1.74. The minimum atomic E-state index is -0.0661. The molecule has 3 rings (SSSR count). The van der Waals surface area contributed by atoms with Gasteiger partial charge in [-0.2, -0.15) is 0 Å². The molecule has 0 fully saturated rings. The van der Waals surface area contributed by atoms with Crippen LogP contribution in [0.4, 0.5) is 5.69 Å². The molecule has 0 saturated heterocycles. The number of rotatable bonds is 6. The van der Waals surface area contributed by atoms with Crippen LogP contribution in [0.3, 0.4) is 0 Å². The second kappa shape index (κ2) is 7.78. The summed E-state index contributed by atoms with van der Waals surface area (Å²) < 4.78 is 7.42. The van der Waals surface area contributed by atoms with Crippen LogP contribution < -0.4 is 5.32 Å². The van der Waals surface area contributed by atoms with Gasteiger partial charge in [0.1, 0.15) is 5.76 Å². The maximum Gasteiger partial charge on any atom is 0.234 e. The Morgan fingerprint density at radius 3 is 2.65 bits per heavy atom. The largest absolute Gasteiger partial charge is 0.469 e. The highest BCUT2D eigenvalue weighted by Crippen LogP contribution is 2.30. The number of anilines is 1. The maximum absolute atomic E-state index is 12.3. The Morgan fingerprint density at radius 1 is 1.23 bits per heavy atom. The third kappa shape index (κ3) is 3.83. The van der Waals surface area contributed by atoms with Gasteiger partial charge in [0.25, 0.3) is 0 Å². The summed E-state index contributed by atoms with van der Waals surface area (Å²) in [5, 5.41) is 12.3. The summed E-state index contributed by atoms with van der Waals surface area (Å²) in [5.74, 6) is 1.76. The fourth-order valence-corrected chi connectivity index (χ4v) is 3.54. The van der Waals surface area contributed by atoms with Gasteiger partial charge in [-0.25, -0.2) is 0 Å². The zero-order valence-electron chi connectivity index (χ0n) is 15.3. The van der Waals surface area contributed by atoms with Crippen molar-refractivity contribution in [1.82, 2.24) is 14.8 Å². The number of hydrogen-bond donors (Lipinski definition) is 1. The van der Waals surface area contributed by atoms with Crippen molar-refractivity contribution in [1.29, 1.82) is 0 Å². The number of carbonyl (C=O) groups excluding carboxylic acids is 1. The molecule has 0 saturated carbocycles. The van der Waals surface area contributed by atoms with Gasteiger partial charge in [-0.05, 0) is 45.4 Å². The van der Waals surface area contributed by atoms with Gasteiger partial charge in [0.15, 0.2) is 11.0 Å². The number of benzene rings is 1. The van der Waals surface area contributed by atoms with Crippen LogP contribution in [0.5, 0.6) is 0 Å². The van der Waals surface area contributed by atoms with Crippen LogP contribution in [0.25, 0.3) is 11.4 Å². The summed E-state index contributed by atoms with van der Waals surface area (Å²) in [5.41, 5.74) is 2.79. The van der Waals surface area contributed by atoms with Crippen molar-refractivity contribution in [2.45, 2.75) is 38.9 Å². The van der Waals surface area contributed by atoms with E-state index in [4.69, 9.17) is 4.42 Å². The minimum absolute atomic E-state index is 0.0661. The first-order valence-corrected chi connectivity index (χ1v) is 9.43. The molecule has 26 heavy (non-hydrogen) atoms. The van der Waals surface area contributed by atoms with E-state index in [0.717, 1.165) is 33.6 Å². The smallest absolute Gasteiger partial charge is 0.234 e. The lowest BCUT2D eigenvalue weighted by molar-refractivity contribution is -0.113. The molecule has 0 aliphatic carbocycles. The molecule has 1 aromatic carbocycles. The highest BCUT2D eigenvalue weighted by Gasteiger charge is 2.20. The van der Waals surface area contributed by atoms with Gasteiger partial charge in [0.2, 0.25) is 5.91 Å². The number of nitrogens with zero attached hydrogens (tertiary/aromatic N) is 3. The molecule has 1 amide bonds. The zero-order valence-corrected chi connectivity index (χ0v) is 16.1. The molecule has 2 heterocycles. The summed E-state index contributed by atoms with van der Waals surface area (Å²) in [6, 6.07) is 9.77. The van der Waals surface area contributed by atoms with E-state index in [-0.39, 0.29) is 17.7 Å². The Kier molecular flexibility index (Phi) is 5.46. The van der Waals surface area contributed by atoms with E-state index in [0.29, 0.717) is 0 Å². The first-order chi connectivity index (χ1) is 12.5. The Labute approximate surface area is 157 Å². The first kappa shape index (κ1) is 18.3. The van der Waals surface area contributed by atoms with E-state index in [1.165, 1.54) is 11.8 Å². The molecule has 7 heteroatoms. The van der Waals surface area contributed by atoms with Crippen molar-refractivity contribution in [2.24, 2.45) is 0 Å². The van der Waals surface area contributed by atoms with Gasteiger partial charge < -0.3 is 9.73 Å². The number of furan rings is 1. The molecule has 0 spiro atoms. The van der Waals surface area contributed by atoms with Crippen molar-refractivity contribution >= 4 is 23.4 Å². The van der Waals surface area contributed by atoms with Crippen LogP contribution in [-0.4, -0.2) is 26.4 Å². The SMILES string of the molecule is Cc1ccccc1NC(=O)CSc1nnc(-c2ccoc2C)n1C(C)C. The number of thioether (sulfide) groups is 1. The summed E-state index contributed by atoms with van der Waals surface area (Å²) in [7, 11) is 0. The fourth-order valence-electron chi connectivity index (χ4n) is 2.67. The highest BCUT2D eigenvalue weighted by atomic mass is 32.2. The lowest BCUT2D eigenvalue weighted by atomic mass is 10.2. The molecular formula is C19H22N4O2S. The van der Waals surface area contributed by atoms with Crippen LogP contribution in [-0.2, 0) is 4.79 Å². The summed E-state index contributed by atoms with van der Waals surface area (Å²) >= 11 is 1.38. The van der Waals surface area contributed by atoms with E-state index in [1.807, 2.05) is 48.7 Å². The zero-order chi connectivity index (χ0) is 18.7. The molecular weight excluding hydrogens is 348 g/mol. The predicted molar refractivity (Wildman–Crippen MR) is 103 cm³/mol. The molecule has 0 aliphatic heterocycles. The molecule has 0 unspecified atom stereocenters. The molecule has 0 aliphatic rings. The van der Waals surface area contributed by atoms with Gasteiger partial charge in [-0.3, -0.25) is 9.36 Å². The standard InChI is InChI=1S/C19H22N4O2S/c1-12(2)23-18(15-9-10-25-14(15)4)21-22-19(23)26-11-17(24)20-16-8-6-5-7-13(16)3/h5-10,12H,11H2,1-4H3,(H,20,24).